The Morgan fingerprint density at radius 2 is 1.26 bits per heavy atom. The number of piperidine rings is 2. The van der Waals surface area contributed by atoms with Gasteiger partial charge in [-0.3, -0.25) is 19.3 Å². The molecule has 2 aromatic rings. The first kappa shape index (κ1) is 24.0. The molecule has 0 amide bonds. The summed E-state index contributed by atoms with van der Waals surface area (Å²) in [6.07, 6.45) is 0. The van der Waals surface area contributed by atoms with E-state index < -0.39 is 52.3 Å². The molecule has 9 heteroatoms. The number of Topliss-reactive ketones (excluding diaryl/α,β-unsaturated/α-hetero) is 1. The number of methoxy groups -OCH3 is 2. The Kier molecular flexibility index (Phi) is 6.03. The van der Waals surface area contributed by atoms with Crippen molar-refractivity contribution in [1.82, 2.24) is 9.80 Å². The molecule has 34 heavy (non-hydrogen) atoms. The topological polar surface area (TPSA) is 76.1 Å². The smallest absolute Gasteiger partial charge is 0.322 e. The van der Waals surface area contributed by atoms with Gasteiger partial charge in [0.25, 0.3) is 0 Å². The van der Waals surface area contributed by atoms with Gasteiger partial charge in [0.15, 0.2) is 16.6 Å². The number of hydrogen-bond acceptors (Lipinski definition) is 7. The first-order valence-corrected chi connectivity index (χ1v) is 10.8. The fraction of sp³-hybridized carbons (Fsp3) is 0.400. The summed E-state index contributed by atoms with van der Waals surface area (Å²) < 4.78 is 38.9. The minimum Gasteiger partial charge on any atom is -0.468 e. The molecule has 2 saturated heterocycles. The Morgan fingerprint density at radius 3 is 1.62 bits per heavy atom. The molecule has 2 aromatic carbocycles. The quantitative estimate of drug-likeness (QED) is 0.500. The molecule has 0 N–H and O–H groups in total. The van der Waals surface area contributed by atoms with Crippen molar-refractivity contribution >= 4 is 17.7 Å². The highest BCUT2D eigenvalue weighted by molar-refractivity contribution is 6.17. The molecule has 4 atom stereocenters. The van der Waals surface area contributed by atoms with Crippen molar-refractivity contribution in [2.45, 2.75) is 12.1 Å². The summed E-state index contributed by atoms with van der Waals surface area (Å²) in [5.74, 6) is -3.45. The summed E-state index contributed by atoms with van der Waals surface area (Å²) in [5, 5.41) is 0. The van der Waals surface area contributed by atoms with Gasteiger partial charge >= 0.3 is 11.9 Å². The molecule has 2 bridgehead atoms. The van der Waals surface area contributed by atoms with Crippen LogP contribution in [0.4, 0.5) is 8.78 Å². The van der Waals surface area contributed by atoms with Crippen LogP contribution in [0.3, 0.4) is 0 Å². The molecule has 0 radical (unpaired) electrons. The van der Waals surface area contributed by atoms with Gasteiger partial charge < -0.3 is 14.4 Å². The van der Waals surface area contributed by atoms with E-state index in [-0.39, 0.29) is 13.1 Å². The van der Waals surface area contributed by atoms with E-state index in [1.807, 2.05) is 0 Å². The third-order valence-electron chi connectivity index (χ3n) is 7.03. The maximum atomic E-state index is 14.4. The number of rotatable bonds is 4. The van der Waals surface area contributed by atoms with Crippen LogP contribution in [-0.2, 0) is 23.9 Å². The second kappa shape index (κ2) is 8.56. The zero-order valence-corrected chi connectivity index (χ0v) is 19.4. The van der Waals surface area contributed by atoms with Crippen molar-refractivity contribution in [3.05, 3.63) is 71.3 Å². The zero-order valence-electron chi connectivity index (χ0n) is 19.4. The first-order valence-electron chi connectivity index (χ1n) is 10.8. The van der Waals surface area contributed by atoms with Gasteiger partial charge in [-0.25, -0.2) is 8.78 Å². The van der Waals surface area contributed by atoms with Crippen LogP contribution in [0.15, 0.2) is 48.5 Å². The molecule has 7 nitrogen and oxygen atoms in total. The Balaban J connectivity index is 2.09. The van der Waals surface area contributed by atoms with Gasteiger partial charge in [0.2, 0.25) is 0 Å². The number of ketones is 1. The van der Waals surface area contributed by atoms with Crippen molar-refractivity contribution < 1.29 is 32.6 Å². The maximum Gasteiger partial charge on any atom is 0.322 e. The van der Waals surface area contributed by atoms with Crippen molar-refractivity contribution in [2.24, 2.45) is 10.8 Å². The van der Waals surface area contributed by atoms with E-state index in [1.54, 1.807) is 36.0 Å². The van der Waals surface area contributed by atoms with Crippen molar-refractivity contribution in [2.75, 3.05) is 41.4 Å². The van der Waals surface area contributed by atoms with Crippen LogP contribution in [-0.4, -0.2) is 68.9 Å². The number of carbonyl (C=O) groups excluding carboxylic acids is 3. The Hall–Kier alpha value is -3.17. The average molecular weight is 472 g/mol. The predicted octanol–water partition coefficient (Wildman–Crippen LogP) is 2.53. The van der Waals surface area contributed by atoms with Crippen LogP contribution in [0, 0.1) is 22.5 Å². The van der Waals surface area contributed by atoms with Crippen molar-refractivity contribution in [3.63, 3.8) is 0 Å². The standard InChI is InChI=1S/C25H26F2N2O5/c1-28-13-24(22(31)33-3)19(15-7-5-9-17(26)11-15)29(2)20(16-8-6-10-18(27)12-16)25(14-28,21(24)30)23(32)34-4/h5-12,19-20H,13-14H2,1-4H3/t19-,20+,24-,25+. The largest absolute Gasteiger partial charge is 0.468 e. The molecular weight excluding hydrogens is 446 g/mol. The fourth-order valence-corrected chi connectivity index (χ4v) is 6.01. The number of fused-ring (bicyclic) bond motifs is 2. The Morgan fingerprint density at radius 1 is 0.853 bits per heavy atom. The lowest BCUT2D eigenvalue weighted by Gasteiger charge is -2.60. The monoisotopic (exact) mass is 472 g/mol. The molecule has 4 rings (SSSR count). The molecule has 180 valence electrons. The lowest BCUT2D eigenvalue weighted by molar-refractivity contribution is -0.202. The summed E-state index contributed by atoms with van der Waals surface area (Å²) in [7, 11) is 5.65. The Bertz CT molecular complexity index is 1070. The van der Waals surface area contributed by atoms with Crippen LogP contribution in [0.1, 0.15) is 23.2 Å². The summed E-state index contributed by atoms with van der Waals surface area (Å²) in [5.41, 5.74) is -3.00. The minimum atomic E-state index is -1.86. The summed E-state index contributed by atoms with van der Waals surface area (Å²) in [4.78, 5) is 44.6. The van der Waals surface area contributed by atoms with Crippen LogP contribution in [0.25, 0.3) is 0 Å². The zero-order chi connectivity index (χ0) is 24.8. The van der Waals surface area contributed by atoms with Crippen LogP contribution in [0.5, 0.6) is 0 Å². The number of carbonyl (C=O) groups is 3. The highest BCUT2D eigenvalue weighted by Crippen LogP contribution is 2.60. The normalized spacial score (nSPS) is 29.5. The van der Waals surface area contributed by atoms with Crippen molar-refractivity contribution in [1.29, 1.82) is 0 Å². The number of ether oxygens (including phenoxy) is 2. The second-order valence-corrected chi connectivity index (χ2v) is 9.01. The van der Waals surface area contributed by atoms with Gasteiger partial charge in [-0.05, 0) is 49.5 Å². The summed E-state index contributed by atoms with van der Waals surface area (Å²) in [6.45, 7) is -0.114. The SMILES string of the molecule is COC(=O)[C@]12CN(C)C[C@](C(=O)OC)(C1=O)[C@@H](c1cccc(F)c1)N(C)[C@H]2c1cccc(F)c1. The molecule has 0 aliphatic carbocycles. The molecule has 0 unspecified atom stereocenters. The highest BCUT2D eigenvalue weighted by atomic mass is 19.1. The van der Waals surface area contributed by atoms with Gasteiger partial charge in [-0.1, -0.05) is 24.3 Å². The summed E-state index contributed by atoms with van der Waals surface area (Å²) in [6, 6.07) is 9.22. The molecule has 0 spiro atoms. The lowest BCUT2D eigenvalue weighted by Crippen LogP contribution is -2.75. The third-order valence-corrected chi connectivity index (χ3v) is 7.03. The van der Waals surface area contributed by atoms with E-state index in [1.165, 1.54) is 50.6 Å². The van der Waals surface area contributed by atoms with Gasteiger partial charge in [0.1, 0.15) is 11.6 Å². The molecular formula is C25H26F2N2O5. The predicted molar refractivity (Wildman–Crippen MR) is 117 cm³/mol. The number of nitrogens with zero attached hydrogens (tertiary/aromatic N) is 2. The highest BCUT2D eigenvalue weighted by Gasteiger charge is 2.74. The van der Waals surface area contributed by atoms with Crippen LogP contribution in [0.2, 0.25) is 0 Å². The average Bonchev–Trinajstić information content (AvgIpc) is 2.80. The lowest BCUT2D eigenvalue weighted by atomic mass is 9.54. The Labute approximate surface area is 196 Å². The van der Waals surface area contributed by atoms with E-state index in [2.05, 4.69) is 0 Å². The molecule has 0 saturated carbocycles. The van der Waals surface area contributed by atoms with Crippen LogP contribution < -0.4 is 0 Å². The fourth-order valence-electron chi connectivity index (χ4n) is 6.01. The number of hydrogen-bond donors (Lipinski definition) is 0. The number of likely N-dealkylation sites (tertiary alicyclic amines) is 2. The van der Waals surface area contributed by atoms with Gasteiger partial charge in [-0.2, -0.15) is 0 Å². The molecule has 2 fully saturated rings. The summed E-state index contributed by atoms with van der Waals surface area (Å²) >= 11 is 0. The van der Waals surface area contributed by atoms with Crippen molar-refractivity contribution in [3.8, 4) is 0 Å². The minimum absolute atomic E-state index is 0.0569. The van der Waals surface area contributed by atoms with E-state index in [4.69, 9.17) is 9.47 Å². The van der Waals surface area contributed by atoms with E-state index in [9.17, 15) is 23.2 Å². The second-order valence-electron chi connectivity index (χ2n) is 9.01. The van der Waals surface area contributed by atoms with Gasteiger partial charge in [0.05, 0.1) is 26.3 Å². The van der Waals surface area contributed by atoms with Gasteiger partial charge in [0, 0.05) is 13.1 Å². The molecule has 0 aromatic heterocycles. The first-order chi connectivity index (χ1) is 16.1. The molecule has 2 aliphatic heterocycles. The van der Waals surface area contributed by atoms with Gasteiger partial charge in [-0.15, -0.1) is 0 Å². The van der Waals surface area contributed by atoms with Crippen LogP contribution >= 0.6 is 0 Å². The molecule has 2 heterocycles. The third kappa shape index (κ3) is 3.25. The van der Waals surface area contributed by atoms with E-state index >= 15 is 0 Å². The van der Waals surface area contributed by atoms with E-state index in [0.717, 1.165) is 0 Å². The number of esters is 2. The number of halogens is 2. The maximum absolute atomic E-state index is 14.4. The van der Waals surface area contributed by atoms with E-state index in [0.29, 0.717) is 11.1 Å². The molecule has 2 aliphatic rings. The number of benzene rings is 2.